The summed E-state index contributed by atoms with van der Waals surface area (Å²) in [5, 5.41) is 16.1. The molecule has 5 aromatic rings. The molecule has 0 saturated carbocycles. The number of rotatable bonds is 14. The molecule has 0 aliphatic carbocycles. The molecule has 0 aliphatic heterocycles. The zero-order valence-electron chi connectivity index (χ0n) is 33.2. The molecule has 0 bridgehead atoms. The molecule has 0 spiro atoms. The normalized spacial score (nSPS) is 11.3. The van der Waals surface area contributed by atoms with Gasteiger partial charge in [0.15, 0.2) is 0 Å². The third kappa shape index (κ3) is 12.1. The summed E-state index contributed by atoms with van der Waals surface area (Å²) in [7, 11) is -8.28. The summed E-state index contributed by atoms with van der Waals surface area (Å²) in [6.45, 7) is 8.32. The number of anilines is 4. The van der Waals surface area contributed by atoms with Gasteiger partial charge in [0.2, 0.25) is 0 Å². The quantitative estimate of drug-likeness (QED) is 0.0553. The number of benzene rings is 5. The van der Waals surface area contributed by atoms with Gasteiger partial charge in [0, 0.05) is 13.1 Å². The fraction of sp³-hybridized carbons (Fsp3) is 0.190. The average molecular weight is 855 g/mol. The van der Waals surface area contributed by atoms with Gasteiger partial charge in [-0.3, -0.25) is 0 Å². The van der Waals surface area contributed by atoms with Crippen LogP contribution in [0.5, 0.6) is 0 Å². The average Bonchev–Trinajstić information content (AvgIpc) is 3.20. The lowest BCUT2D eigenvalue weighted by Crippen LogP contribution is -2.35. The molecular formula is C42H46N8O8S2. The maximum Gasteiger partial charge on any atom is 0.333 e. The van der Waals surface area contributed by atoms with Crippen LogP contribution in [0.15, 0.2) is 131 Å². The van der Waals surface area contributed by atoms with Crippen molar-refractivity contribution in [3.05, 3.63) is 144 Å². The third-order valence-corrected chi connectivity index (χ3v) is 11.6. The van der Waals surface area contributed by atoms with Crippen LogP contribution in [0.25, 0.3) is 0 Å². The summed E-state index contributed by atoms with van der Waals surface area (Å²) in [4.78, 5) is 51.6. The van der Waals surface area contributed by atoms with Crippen LogP contribution in [-0.4, -0.2) is 41.0 Å². The van der Waals surface area contributed by atoms with E-state index in [4.69, 9.17) is 0 Å². The number of amides is 8. The highest BCUT2D eigenvalue weighted by Crippen LogP contribution is 2.29. The van der Waals surface area contributed by atoms with Crippen molar-refractivity contribution in [2.45, 2.75) is 62.4 Å². The second kappa shape index (κ2) is 19.7. The Morgan fingerprint density at radius 2 is 0.733 bits per heavy atom. The van der Waals surface area contributed by atoms with Crippen molar-refractivity contribution >= 4 is 66.9 Å². The van der Waals surface area contributed by atoms with E-state index in [0.717, 1.165) is 22.3 Å². The van der Waals surface area contributed by atoms with E-state index in [0.29, 0.717) is 0 Å². The Morgan fingerprint density at radius 1 is 0.433 bits per heavy atom. The van der Waals surface area contributed by atoms with Crippen LogP contribution in [0.1, 0.15) is 61.8 Å². The van der Waals surface area contributed by atoms with Gasteiger partial charge >= 0.3 is 24.1 Å². The Bertz CT molecular complexity index is 2400. The molecule has 5 rings (SSSR count). The van der Waals surface area contributed by atoms with Crippen LogP contribution in [0.2, 0.25) is 0 Å². The highest BCUT2D eigenvalue weighted by atomic mass is 32.2. The monoisotopic (exact) mass is 854 g/mol. The minimum atomic E-state index is -4.14. The van der Waals surface area contributed by atoms with Crippen molar-refractivity contribution in [1.29, 1.82) is 0 Å². The van der Waals surface area contributed by atoms with Gasteiger partial charge in [-0.15, -0.1) is 0 Å². The van der Waals surface area contributed by atoms with Gasteiger partial charge in [0.1, 0.15) is 0 Å². The van der Waals surface area contributed by atoms with Gasteiger partial charge in [-0.1, -0.05) is 100 Å². The molecule has 314 valence electrons. The zero-order chi connectivity index (χ0) is 43.5. The molecule has 8 amide bonds. The zero-order valence-corrected chi connectivity index (χ0v) is 34.8. The minimum Gasteiger partial charge on any atom is -0.334 e. The Kier molecular flexibility index (Phi) is 14.5. The summed E-state index contributed by atoms with van der Waals surface area (Å²) >= 11 is 0. The van der Waals surface area contributed by atoms with Crippen LogP contribution in [0.4, 0.5) is 41.9 Å². The summed E-state index contributed by atoms with van der Waals surface area (Å²) in [5.74, 6) is 0.152. The van der Waals surface area contributed by atoms with E-state index < -0.39 is 44.2 Å². The molecule has 0 radical (unpaired) electrons. The maximum absolute atomic E-state index is 13.2. The molecule has 0 aromatic heterocycles. The van der Waals surface area contributed by atoms with Crippen LogP contribution >= 0.6 is 0 Å². The first kappa shape index (κ1) is 44.2. The molecule has 0 saturated heterocycles. The predicted molar refractivity (Wildman–Crippen MR) is 231 cm³/mol. The first-order chi connectivity index (χ1) is 28.5. The van der Waals surface area contributed by atoms with Gasteiger partial charge in [-0.25, -0.2) is 45.5 Å². The van der Waals surface area contributed by atoms with Crippen molar-refractivity contribution in [3.8, 4) is 0 Å². The highest BCUT2D eigenvalue weighted by molar-refractivity contribution is 7.90. The van der Waals surface area contributed by atoms with Gasteiger partial charge < -0.3 is 31.9 Å². The predicted octanol–water partition coefficient (Wildman–Crippen LogP) is 7.60. The topological polar surface area (TPSA) is 233 Å². The Labute approximate surface area is 349 Å². The molecule has 0 atom stereocenters. The molecule has 0 aliphatic rings. The lowest BCUT2D eigenvalue weighted by atomic mass is 9.87. The molecule has 60 heavy (non-hydrogen) atoms. The van der Waals surface area contributed by atoms with Crippen molar-refractivity contribution in [3.63, 3.8) is 0 Å². The summed E-state index contributed by atoms with van der Waals surface area (Å²) in [6, 6.07) is 28.2. The Balaban J connectivity index is 1.23. The number of hydrogen-bond donors (Lipinski definition) is 8. The molecule has 0 heterocycles. The minimum absolute atomic E-state index is 0.0761. The fourth-order valence-corrected chi connectivity index (χ4v) is 7.91. The number of urea groups is 4. The van der Waals surface area contributed by atoms with Crippen molar-refractivity contribution in [1.82, 2.24) is 20.1 Å². The van der Waals surface area contributed by atoms with Crippen LogP contribution in [0.3, 0.4) is 0 Å². The summed E-state index contributed by atoms with van der Waals surface area (Å²) in [6.07, 6.45) is 0. The largest absolute Gasteiger partial charge is 0.334 e. The smallest absolute Gasteiger partial charge is 0.333 e. The van der Waals surface area contributed by atoms with E-state index in [2.05, 4.69) is 38.0 Å². The Hall–Kier alpha value is -6.92. The second-order valence-electron chi connectivity index (χ2n) is 14.0. The first-order valence-corrected chi connectivity index (χ1v) is 21.7. The highest BCUT2D eigenvalue weighted by Gasteiger charge is 2.21. The van der Waals surface area contributed by atoms with Gasteiger partial charge in [0.25, 0.3) is 20.0 Å². The first-order valence-electron chi connectivity index (χ1n) is 18.7. The SMILES string of the molecule is CC(C)c1cc(C(C)C)c(CNC(=O)Nc2ccccc2NC(=O)NS(=O)(=O)c2ccccc2)cc1CNC(=O)Nc1ccccc1NC(=O)NS(=O)(=O)c1ccccc1. The van der Waals surface area contributed by atoms with E-state index in [1.165, 1.54) is 60.7 Å². The van der Waals surface area contributed by atoms with Gasteiger partial charge in [-0.2, -0.15) is 0 Å². The number of nitrogens with one attached hydrogen (secondary N) is 8. The lowest BCUT2D eigenvalue weighted by Gasteiger charge is -2.22. The molecule has 18 heteroatoms. The number of para-hydroxylation sites is 4. The second-order valence-corrected chi connectivity index (χ2v) is 17.4. The standard InChI is InChI=1S/C42H46N8O8S2/c1-27(2)33-24-34(28(3)4)30(26-44-40(52)46-36-20-12-14-22-38(36)48-42(54)50-60(57,58)32-17-9-6-10-18-32)23-29(33)25-43-39(51)45-35-19-11-13-21-37(35)47-41(53)49-59(55,56)31-15-7-5-8-16-31/h5-24,27-28H,25-26H2,1-4H3,(H2,43,45,51)(H2,44,46,52)(H2,47,49,53)(H2,48,50,54). The van der Waals surface area contributed by atoms with E-state index in [1.54, 1.807) is 48.5 Å². The van der Waals surface area contributed by atoms with E-state index in [-0.39, 0.29) is 57.5 Å². The molecule has 0 fully saturated rings. The summed E-state index contributed by atoms with van der Waals surface area (Å²) < 4.78 is 54.4. The fourth-order valence-electron chi connectivity index (χ4n) is 6.05. The molecule has 16 nitrogen and oxygen atoms in total. The van der Waals surface area contributed by atoms with Crippen molar-refractivity contribution < 1.29 is 36.0 Å². The summed E-state index contributed by atoms with van der Waals surface area (Å²) in [5.41, 5.74) is 4.30. The lowest BCUT2D eigenvalue weighted by molar-refractivity contribution is 0.251. The van der Waals surface area contributed by atoms with E-state index in [9.17, 15) is 36.0 Å². The van der Waals surface area contributed by atoms with Crippen molar-refractivity contribution in [2.24, 2.45) is 0 Å². The number of sulfonamides is 2. The van der Waals surface area contributed by atoms with Crippen LogP contribution in [0, 0.1) is 0 Å². The molecule has 8 N–H and O–H groups in total. The molecular weight excluding hydrogens is 809 g/mol. The van der Waals surface area contributed by atoms with Gasteiger partial charge in [0.05, 0.1) is 32.5 Å². The number of carbonyl (C=O) groups is 4. The van der Waals surface area contributed by atoms with Crippen LogP contribution < -0.4 is 41.3 Å². The Morgan fingerprint density at radius 3 is 1.05 bits per heavy atom. The van der Waals surface area contributed by atoms with Crippen LogP contribution in [-0.2, 0) is 33.1 Å². The number of hydrogen-bond acceptors (Lipinski definition) is 8. The van der Waals surface area contributed by atoms with Gasteiger partial charge in [-0.05, 0) is 82.6 Å². The third-order valence-electron chi connectivity index (χ3n) is 8.93. The van der Waals surface area contributed by atoms with E-state index in [1.807, 2.05) is 43.2 Å². The maximum atomic E-state index is 13.2. The molecule has 0 unspecified atom stereocenters. The van der Waals surface area contributed by atoms with E-state index >= 15 is 0 Å². The molecule has 5 aromatic carbocycles. The van der Waals surface area contributed by atoms with Crippen molar-refractivity contribution in [2.75, 3.05) is 21.3 Å². The number of carbonyl (C=O) groups excluding carboxylic acids is 4.